The Kier molecular flexibility index (Phi) is 6.71. The lowest BCUT2D eigenvalue weighted by Crippen LogP contribution is -2.35. The molecule has 0 aliphatic heterocycles. The van der Waals surface area contributed by atoms with Crippen LogP contribution in [0.3, 0.4) is 0 Å². The van der Waals surface area contributed by atoms with E-state index in [-0.39, 0.29) is 6.29 Å². The Balaban J connectivity index is 2.85. The molecule has 1 heterocycles. The molecule has 1 aromatic rings. The second-order valence-corrected chi connectivity index (χ2v) is 4.58. The van der Waals surface area contributed by atoms with Crippen LogP contribution in [0.5, 0.6) is 0 Å². The Morgan fingerprint density at radius 1 is 1.33 bits per heavy atom. The van der Waals surface area contributed by atoms with Crippen molar-refractivity contribution in [3.63, 3.8) is 0 Å². The molecule has 0 saturated heterocycles. The molecule has 102 valence electrons. The first-order valence-corrected chi connectivity index (χ1v) is 6.49. The first-order valence-electron chi connectivity index (χ1n) is 5.74. The number of ether oxygens (including phenoxy) is 2. The summed E-state index contributed by atoms with van der Waals surface area (Å²) in [6, 6.07) is 1.80. The largest absolute Gasteiger partial charge is 0.365 e. The van der Waals surface area contributed by atoms with Gasteiger partial charge in [-0.3, -0.25) is 0 Å². The fourth-order valence-corrected chi connectivity index (χ4v) is 1.87. The number of pyridine rings is 1. The third-order valence-electron chi connectivity index (χ3n) is 2.54. The van der Waals surface area contributed by atoms with Crippen molar-refractivity contribution in [1.29, 1.82) is 0 Å². The van der Waals surface area contributed by atoms with Crippen LogP contribution in [0.4, 0.5) is 5.69 Å². The third-order valence-corrected chi connectivity index (χ3v) is 3.22. The summed E-state index contributed by atoms with van der Waals surface area (Å²) in [4.78, 5) is 6.15. The monoisotopic (exact) mass is 292 g/mol. The number of hydrogen-bond acceptors (Lipinski definition) is 4. The number of methoxy groups -OCH3 is 2. The maximum absolute atomic E-state index is 5.98. The van der Waals surface area contributed by atoms with Crippen molar-refractivity contribution < 1.29 is 9.47 Å². The van der Waals surface area contributed by atoms with Crippen molar-refractivity contribution in [3.8, 4) is 0 Å². The summed E-state index contributed by atoms with van der Waals surface area (Å²) in [7, 11) is 3.23. The minimum Gasteiger partial charge on any atom is -0.365 e. The molecule has 0 N–H and O–H groups in total. The van der Waals surface area contributed by atoms with E-state index in [4.69, 9.17) is 32.7 Å². The second-order valence-electron chi connectivity index (χ2n) is 3.81. The number of aromatic nitrogens is 1. The molecule has 0 radical (unpaired) electrons. The number of anilines is 1. The maximum atomic E-state index is 5.98. The van der Waals surface area contributed by atoms with Gasteiger partial charge in [-0.25, -0.2) is 4.98 Å². The molecule has 0 bridgehead atoms. The summed E-state index contributed by atoms with van der Waals surface area (Å²) < 4.78 is 10.4. The van der Waals surface area contributed by atoms with Crippen LogP contribution in [-0.2, 0) is 9.47 Å². The highest BCUT2D eigenvalue weighted by molar-refractivity contribution is 6.41. The van der Waals surface area contributed by atoms with Gasteiger partial charge in [0.1, 0.15) is 5.15 Å². The van der Waals surface area contributed by atoms with E-state index < -0.39 is 0 Å². The molecule has 0 unspecified atom stereocenters. The summed E-state index contributed by atoms with van der Waals surface area (Å²) in [5, 5.41) is 0.758. The summed E-state index contributed by atoms with van der Waals surface area (Å²) >= 11 is 11.8. The van der Waals surface area contributed by atoms with Gasteiger partial charge in [-0.2, -0.15) is 0 Å². The Morgan fingerprint density at radius 2 is 2.00 bits per heavy atom. The van der Waals surface area contributed by atoms with Gasteiger partial charge in [0.2, 0.25) is 0 Å². The van der Waals surface area contributed by atoms with Crippen LogP contribution in [0.15, 0.2) is 12.3 Å². The van der Waals surface area contributed by atoms with Crippen LogP contribution < -0.4 is 4.90 Å². The van der Waals surface area contributed by atoms with Crippen molar-refractivity contribution in [3.05, 3.63) is 22.4 Å². The fraction of sp³-hybridized carbons (Fsp3) is 0.583. The van der Waals surface area contributed by atoms with E-state index >= 15 is 0 Å². The molecule has 0 aliphatic carbocycles. The van der Waals surface area contributed by atoms with Crippen LogP contribution in [-0.4, -0.2) is 38.6 Å². The van der Waals surface area contributed by atoms with E-state index in [2.05, 4.69) is 16.8 Å². The molecular weight excluding hydrogens is 275 g/mol. The molecule has 0 spiro atoms. The average molecular weight is 293 g/mol. The van der Waals surface area contributed by atoms with Crippen LogP contribution in [0.1, 0.15) is 13.3 Å². The first kappa shape index (κ1) is 15.5. The topological polar surface area (TPSA) is 34.6 Å². The Labute approximate surface area is 118 Å². The van der Waals surface area contributed by atoms with Crippen molar-refractivity contribution in [2.24, 2.45) is 0 Å². The molecule has 0 aliphatic rings. The maximum Gasteiger partial charge on any atom is 0.174 e. The lowest BCUT2D eigenvalue weighted by Gasteiger charge is -2.27. The van der Waals surface area contributed by atoms with E-state index in [1.165, 1.54) is 0 Å². The molecule has 0 aromatic carbocycles. The van der Waals surface area contributed by atoms with Crippen molar-refractivity contribution in [1.82, 2.24) is 4.98 Å². The number of halogens is 2. The smallest absolute Gasteiger partial charge is 0.174 e. The van der Waals surface area contributed by atoms with Gasteiger partial charge in [0.25, 0.3) is 0 Å². The first-order chi connectivity index (χ1) is 8.62. The van der Waals surface area contributed by atoms with Gasteiger partial charge in [-0.15, -0.1) is 0 Å². The molecule has 4 nitrogen and oxygen atoms in total. The van der Waals surface area contributed by atoms with Gasteiger partial charge >= 0.3 is 0 Å². The van der Waals surface area contributed by atoms with Gasteiger partial charge in [-0.05, 0) is 12.5 Å². The molecule has 0 saturated carbocycles. The quantitative estimate of drug-likeness (QED) is 0.571. The Bertz CT molecular complexity index is 373. The van der Waals surface area contributed by atoms with Gasteiger partial charge in [0, 0.05) is 20.8 Å². The van der Waals surface area contributed by atoms with E-state index in [1.54, 1.807) is 26.5 Å². The van der Waals surface area contributed by atoms with Crippen molar-refractivity contribution >= 4 is 28.9 Å². The Hall–Kier alpha value is -0.550. The number of hydrogen-bond donors (Lipinski definition) is 0. The summed E-state index contributed by atoms with van der Waals surface area (Å²) in [6.07, 6.45) is 2.41. The zero-order valence-corrected chi connectivity index (χ0v) is 12.3. The Morgan fingerprint density at radius 3 is 2.50 bits per heavy atom. The third kappa shape index (κ3) is 4.28. The summed E-state index contributed by atoms with van der Waals surface area (Å²) in [6.45, 7) is 3.58. The van der Waals surface area contributed by atoms with Crippen molar-refractivity contribution in [2.45, 2.75) is 19.6 Å². The van der Waals surface area contributed by atoms with E-state index in [0.717, 1.165) is 18.7 Å². The minimum atomic E-state index is -0.286. The summed E-state index contributed by atoms with van der Waals surface area (Å²) in [5.74, 6) is 0. The van der Waals surface area contributed by atoms with Gasteiger partial charge < -0.3 is 14.4 Å². The van der Waals surface area contributed by atoms with Gasteiger partial charge in [0.05, 0.1) is 23.5 Å². The van der Waals surface area contributed by atoms with E-state index in [0.29, 0.717) is 16.7 Å². The van der Waals surface area contributed by atoms with Crippen LogP contribution >= 0.6 is 23.2 Å². The molecule has 1 aromatic heterocycles. The SMILES string of the molecule is CCCN(CC(OC)OC)c1cnc(Cl)c(Cl)c1. The van der Waals surface area contributed by atoms with Crippen LogP contribution in [0, 0.1) is 0 Å². The fourth-order valence-electron chi connectivity index (χ4n) is 1.61. The second kappa shape index (κ2) is 7.79. The van der Waals surface area contributed by atoms with Gasteiger partial charge in [-0.1, -0.05) is 30.1 Å². The van der Waals surface area contributed by atoms with E-state index in [1.807, 2.05) is 0 Å². The highest BCUT2D eigenvalue weighted by atomic mass is 35.5. The minimum absolute atomic E-state index is 0.286. The molecule has 18 heavy (non-hydrogen) atoms. The van der Waals surface area contributed by atoms with Crippen LogP contribution in [0.25, 0.3) is 0 Å². The number of nitrogens with zero attached hydrogens (tertiary/aromatic N) is 2. The molecule has 0 amide bonds. The molecule has 6 heteroatoms. The predicted octanol–water partition coefficient (Wildman–Crippen LogP) is 3.22. The molecule has 0 fully saturated rings. The number of rotatable bonds is 7. The zero-order chi connectivity index (χ0) is 13.5. The standard InChI is InChI=1S/C12H18Cl2N2O2/c1-4-5-16(8-11(17-2)18-3)9-6-10(13)12(14)15-7-9/h6-7,11H,4-5,8H2,1-3H3. The van der Waals surface area contributed by atoms with Crippen molar-refractivity contribution in [2.75, 3.05) is 32.2 Å². The highest BCUT2D eigenvalue weighted by Gasteiger charge is 2.14. The lowest BCUT2D eigenvalue weighted by atomic mass is 10.3. The molecule has 0 atom stereocenters. The van der Waals surface area contributed by atoms with E-state index in [9.17, 15) is 0 Å². The molecule has 1 rings (SSSR count). The lowest BCUT2D eigenvalue weighted by molar-refractivity contribution is -0.0949. The zero-order valence-electron chi connectivity index (χ0n) is 10.8. The predicted molar refractivity (Wildman–Crippen MR) is 74.6 cm³/mol. The highest BCUT2D eigenvalue weighted by Crippen LogP contribution is 2.25. The van der Waals surface area contributed by atoms with Gasteiger partial charge in [0.15, 0.2) is 6.29 Å². The average Bonchev–Trinajstić information content (AvgIpc) is 2.38. The van der Waals surface area contributed by atoms with Crippen LogP contribution in [0.2, 0.25) is 10.2 Å². The molecular formula is C12H18Cl2N2O2. The normalized spacial score (nSPS) is 11.0. The summed E-state index contributed by atoms with van der Waals surface area (Å²) in [5.41, 5.74) is 0.908.